The SMILES string of the molecule is C=CCC.CC1CCC1C. The molecule has 0 amide bonds. The van der Waals surface area contributed by atoms with Crippen molar-refractivity contribution in [1.82, 2.24) is 0 Å². The first-order valence-electron chi connectivity index (χ1n) is 4.33. The van der Waals surface area contributed by atoms with Gasteiger partial charge in [-0.1, -0.05) is 39.7 Å². The van der Waals surface area contributed by atoms with Gasteiger partial charge in [0.15, 0.2) is 0 Å². The molecule has 0 aromatic rings. The molecule has 1 rings (SSSR count). The maximum Gasteiger partial charge on any atom is -0.0382 e. The van der Waals surface area contributed by atoms with E-state index < -0.39 is 0 Å². The smallest absolute Gasteiger partial charge is 0.0382 e. The largest absolute Gasteiger partial charge is 0.103 e. The van der Waals surface area contributed by atoms with Crippen LogP contribution in [0.4, 0.5) is 0 Å². The van der Waals surface area contributed by atoms with E-state index in [-0.39, 0.29) is 0 Å². The van der Waals surface area contributed by atoms with Crippen molar-refractivity contribution in [3.8, 4) is 0 Å². The van der Waals surface area contributed by atoms with Crippen molar-refractivity contribution in [3.05, 3.63) is 12.7 Å². The molecule has 1 fully saturated rings. The summed E-state index contributed by atoms with van der Waals surface area (Å²) in [6.07, 6.45) is 5.91. The van der Waals surface area contributed by atoms with Gasteiger partial charge >= 0.3 is 0 Å². The highest BCUT2D eigenvalue weighted by atomic mass is 14.3. The zero-order valence-corrected chi connectivity index (χ0v) is 7.56. The van der Waals surface area contributed by atoms with Crippen LogP contribution < -0.4 is 0 Å². The minimum Gasteiger partial charge on any atom is -0.103 e. The van der Waals surface area contributed by atoms with Crippen LogP contribution in [0.25, 0.3) is 0 Å². The zero-order chi connectivity index (χ0) is 7.98. The standard InChI is InChI=1S/C6H12.C4H8/c1-5-3-4-6(5)2;1-3-4-2/h5-6H,3-4H2,1-2H3;3H,1,4H2,2H3. The molecule has 0 spiro atoms. The van der Waals surface area contributed by atoms with Gasteiger partial charge in [0.05, 0.1) is 0 Å². The second kappa shape index (κ2) is 5.52. The van der Waals surface area contributed by atoms with E-state index in [1.54, 1.807) is 0 Å². The molecule has 0 bridgehead atoms. The van der Waals surface area contributed by atoms with Gasteiger partial charge in [-0.25, -0.2) is 0 Å². The van der Waals surface area contributed by atoms with E-state index in [0.717, 1.165) is 18.3 Å². The summed E-state index contributed by atoms with van der Waals surface area (Å²) in [4.78, 5) is 0. The van der Waals surface area contributed by atoms with Crippen molar-refractivity contribution in [2.24, 2.45) is 11.8 Å². The Morgan fingerprint density at radius 1 is 1.30 bits per heavy atom. The Bertz CT molecular complexity index is 76.0. The molecule has 0 aliphatic heterocycles. The molecule has 1 saturated carbocycles. The summed E-state index contributed by atoms with van der Waals surface area (Å²) in [5.74, 6) is 2.06. The van der Waals surface area contributed by atoms with Gasteiger partial charge in [0.1, 0.15) is 0 Å². The van der Waals surface area contributed by atoms with Crippen LogP contribution in [0.1, 0.15) is 40.0 Å². The average molecular weight is 140 g/mol. The number of hydrogen-bond donors (Lipinski definition) is 0. The molecule has 0 nitrogen and oxygen atoms in total. The van der Waals surface area contributed by atoms with Crippen molar-refractivity contribution < 1.29 is 0 Å². The fourth-order valence-electron chi connectivity index (χ4n) is 0.833. The molecule has 2 atom stereocenters. The van der Waals surface area contributed by atoms with E-state index in [9.17, 15) is 0 Å². The highest BCUT2D eigenvalue weighted by Gasteiger charge is 2.20. The number of hydrogen-bond acceptors (Lipinski definition) is 0. The Balaban J connectivity index is 0.000000180. The Labute approximate surface area is 65.3 Å². The van der Waals surface area contributed by atoms with E-state index >= 15 is 0 Å². The molecule has 0 saturated heterocycles. The Hall–Kier alpha value is -0.260. The van der Waals surface area contributed by atoms with E-state index in [0.29, 0.717) is 0 Å². The summed E-state index contributed by atoms with van der Waals surface area (Å²) in [6.45, 7) is 10.2. The van der Waals surface area contributed by atoms with Crippen molar-refractivity contribution in [2.45, 2.75) is 40.0 Å². The van der Waals surface area contributed by atoms with E-state index in [1.165, 1.54) is 12.8 Å². The molecular formula is C10H20. The summed E-state index contributed by atoms with van der Waals surface area (Å²) >= 11 is 0. The zero-order valence-electron chi connectivity index (χ0n) is 7.56. The van der Waals surface area contributed by atoms with Gasteiger partial charge in [-0.05, 0) is 18.3 Å². The quantitative estimate of drug-likeness (QED) is 0.488. The molecule has 1 aliphatic rings. The highest BCUT2D eigenvalue weighted by molar-refractivity contribution is 4.71. The molecule has 0 heterocycles. The van der Waals surface area contributed by atoms with Crippen LogP contribution in [0.5, 0.6) is 0 Å². The molecule has 0 heteroatoms. The first-order chi connectivity index (χ1) is 4.72. The molecule has 1 aliphatic carbocycles. The predicted octanol–water partition coefficient (Wildman–Crippen LogP) is 3.63. The van der Waals surface area contributed by atoms with Crippen LogP contribution in [0.15, 0.2) is 12.7 Å². The third kappa shape index (κ3) is 3.71. The Morgan fingerprint density at radius 3 is 1.60 bits per heavy atom. The minimum absolute atomic E-state index is 1.03. The van der Waals surface area contributed by atoms with Gasteiger partial charge in [0.25, 0.3) is 0 Å². The van der Waals surface area contributed by atoms with Crippen LogP contribution in [0.3, 0.4) is 0 Å². The van der Waals surface area contributed by atoms with Crippen molar-refractivity contribution >= 4 is 0 Å². The molecule has 0 N–H and O–H groups in total. The van der Waals surface area contributed by atoms with Crippen LogP contribution >= 0.6 is 0 Å². The summed E-state index contributed by atoms with van der Waals surface area (Å²) in [5, 5.41) is 0. The lowest BCUT2D eigenvalue weighted by Gasteiger charge is -2.29. The van der Waals surface area contributed by atoms with Crippen molar-refractivity contribution in [1.29, 1.82) is 0 Å². The molecule has 0 radical (unpaired) electrons. The van der Waals surface area contributed by atoms with Gasteiger partial charge in [0, 0.05) is 0 Å². The van der Waals surface area contributed by atoms with E-state index in [4.69, 9.17) is 0 Å². The van der Waals surface area contributed by atoms with Gasteiger partial charge in [0.2, 0.25) is 0 Å². The monoisotopic (exact) mass is 140 g/mol. The lowest BCUT2D eigenvalue weighted by molar-refractivity contribution is 0.219. The van der Waals surface area contributed by atoms with Crippen molar-refractivity contribution in [3.63, 3.8) is 0 Å². The topological polar surface area (TPSA) is 0 Å². The van der Waals surface area contributed by atoms with Crippen molar-refractivity contribution in [2.75, 3.05) is 0 Å². The lowest BCUT2D eigenvalue weighted by atomic mass is 9.77. The maximum atomic E-state index is 3.48. The maximum absolute atomic E-state index is 3.48. The van der Waals surface area contributed by atoms with Gasteiger partial charge in [-0.15, -0.1) is 6.58 Å². The van der Waals surface area contributed by atoms with Gasteiger partial charge < -0.3 is 0 Å². The number of rotatable bonds is 1. The molecule has 60 valence electrons. The third-order valence-corrected chi connectivity index (χ3v) is 2.34. The second-order valence-corrected chi connectivity index (χ2v) is 3.23. The molecule has 2 unspecified atom stereocenters. The molecule has 0 aromatic heterocycles. The second-order valence-electron chi connectivity index (χ2n) is 3.23. The van der Waals surface area contributed by atoms with Crippen LogP contribution in [-0.2, 0) is 0 Å². The third-order valence-electron chi connectivity index (χ3n) is 2.34. The summed E-state index contributed by atoms with van der Waals surface area (Å²) in [6, 6.07) is 0. The van der Waals surface area contributed by atoms with E-state index in [1.807, 2.05) is 6.08 Å². The van der Waals surface area contributed by atoms with Crippen LogP contribution in [0.2, 0.25) is 0 Å². The van der Waals surface area contributed by atoms with Crippen LogP contribution in [-0.4, -0.2) is 0 Å². The summed E-state index contributed by atoms with van der Waals surface area (Å²) in [5.41, 5.74) is 0. The molecule has 0 aromatic carbocycles. The van der Waals surface area contributed by atoms with Gasteiger partial charge in [-0.2, -0.15) is 0 Å². The van der Waals surface area contributed by atoms with Gasteiger partial charge in [-0.3, -0.25) is 0 Å². The minimum atomic E-state index is 1.03. The average Bonchev–Trinajstić information content (AvgIpc) is 2.01. The summed E-state index contributed by atoms with van der Waals surface area (Å²) < 4.78 is 0. The summed E-state index contributed by atoms with van der Waals surface area (Å²) in [7, 11) is 0. The predicted molar refractivity (Wildman–Crippen MR) is 48.1 cm³/mol. The fourth-order valence-corrected chi connectivity index (χ4v) is 0.833. The molecule has 10 heavy (non-hydrogen) atoms. The fraction of sp³-hybridized carbons (Fsp3) is 0.800. The first-order valence-corrected chi connectivity index (χ1v) is 4.33. The highest BCUT2D eigenvalue weighted by Crippen LogP contribution is 2.32. The first kappa shape index (κ1) is 9.74. The molecular weight excluding hydrogens is 120 g/mol. The Kier molecular flexibility index (Phi) is 5.38. The normalized spacial score (nSPS) is 29.5. The van der Waals surface area contributed by atoms with Crippen LogP contribution in [0, 0.1) is 11.8 Å². The lowest BCUT2D eigenvalue weighted by Crippen LogP contribution is -2.18. The Morgan fingerprint density at radius 2 is 1.60 bits per heavy atom. The van der Waals surface area contributed by atoms with E-state index in [2.05, 4.69) is 27.4 Å². The number of allylic oxidation sites excluding steroid dienone is 1.